The van der Waals surface area contributed by atoms with Gasteiger partial charge >= 0.3 is 0 Å². The Morgan fingerprint density at radius 2 is 1.54 bits per heavy atom. The first-order chi connectivity index (χ1) is 12.7. The molecule has 0 bridgehead atoms. The van der Waals surface area contributed by atoms with Crippen LogP contribution in [0.5, 0.6) is 17.2 Å². The topological polar surface area (TPSA) is 56.8 Å². The van der Waals surface area contributed by atoms with Crippen LogP contribution in [-0.4, -0.2) is 33.8 Å². The van der Waals surface area contributed by atoms with Crippen molar-refractivity contribution in [2.45, 2.75) is 25.7 Å². The van der Waals surface area contributed by atoms with Gasteiger partial charge in [0.05, 0.1) is 27.8 Å². The summed E-state index contributed by atoms with van der Waals surface area (Å²) in [6, 6.07) is 13.6. The number of benzene rings is 2. The number of unbranched alkanes of at least 4 members (excludes halogenated alkanes) is 1. The van der Waals surface area contributed by atoms with E-state index in [1.165, 1.54) is 5.56 Å². The van der Waals surface area contributed by atoms with Crippen LogP contribution in [0.25, 0.3) is 0 Å². The van der Waals surface area contributed by atoms with Gasteiger partial charge in [0, 0.05) is 6.54 Å². The predicted molar refractivity (Wildman–Crippen MR) is 102 cm³/mol. The molecule has 0 unspecified atom stereocenters. The number of hydrogen-bond donors (Lipinski definition) is 1. The summed E-state index contributed by atoms with van der Waals surface area (Å²) in [4.78, 5) is 12.1. The molecule has 2 rings (SSSR count). The fraction of sp³-hybridized carbons (Fsp3) is 0.381. The largest absolute Gasteiger partial charge is 0.497 e. The first-order valence-electron chi connectivity index (χ1n) is 8.76. The third-order valence-electron chi connectivity index (χ3n) is 4.19. The number of aryl methyl sites for hydroxylation is 1. The van der Waals surface area contributed by atoms with E-state index in [9.17, 15) is 4.79 Å². The molecule has 0 aliphatic carbocycles. The summed E-state index contributed by atoms with van der Waals surface area (Å²) in [6.45, 7) is 0.683. The van der Waals surface area contributed by atoms with Gasteiger partial charge in [-0.1, -0.05) is 18.2 Å². The second-order valence-corrected chi connectivity index (χ2v) is 6.02. The van der Waals surface area contributed by atoms with Crippen LogP contribution in [0, 0.1) is 0 Å². The summed E-state index contributed by atoms with van der Waals surface area (Å²) in [6.07, 6.45) is 3.31. The van der Waals surface area contributed by atoms with Gasteiger partial charge in [-0.05, 0) is 54.7 Å². The zero-order valence-electron chi connectivity index (χ0n) is 15.7. The highest BCUT2D eigenvalue weighted by Gasteiger charge is 2.08. The number of carbonyl (C=O) groups is 1. The van der Waals surface area contributed by atoms with E-state index in [-0.39, 0.29) is 5.91 Å². The average molecular weight is 357 g/mol. The molecule has 140 valence electrons. The highest BCUT2D eigenvalue weighted by atomic mass is 16.5. The summed E-state index contributed by atoms with van der Waals surface area (Å²) >= 11 is 0. The lowest BCUT2D eigenvalue weighted by molar-refractivity contribution is -0.120. The Morgan fingerprint density at radius 3 is 2.19 bits per heavy atom. The number of methoxy groups -OCH3 is 3. The Morgan fingerprint density at radius 1 is 0.846 bits per heavy atom. The van der Waals surface area contributed by atoms with Crippen molar-refractivity contribution in [1.29, 1.82) is 0 Å². The fourth-order valence-corrected chi connectivity index (χ4v) is 2.71. The van der Waals surface area contributed by atoms with E-state index >= 15 is 0 Å². The zero-order chi connectivity index (χ0) is 18.8. The molecular formula is C21H27NO4. The van der Waals surface area contributed by atoms with Crippen LogP contribution in [0.15, 0.2) is 42.5 Å². The number of ether oxygens (including phenoxy) is 3. The highest BCUT2D eigenvalue weighted by Crippen LogP contribution is 2.27. The number of rotatable bonds is 10. The van der Waals surface area contributed by atoms with Crippen LogP contribution in [0.2, 0.25) is 0 Å². The Kier molecular flexibility index (Phi) is 7.80. The van der Waals surface area contributed by atoms with Crippen molar-refractivity contribution in [1.82, 2.24) is 5.32 Å². The minimum Gasteiger partial charge on any atom is -0.497 e. The SMILES string of the molecule is COc1ccc(CCCCNC(=O)Cc2ccc(OC)c(OC)c2)cc1. The lowest BCUT2D eigenvalue weighted by Crippen LogP contribution is -2.26. The molecule has 0 saturated heterocycles. The molecule has 0 saturated carbocycles. The molecule has 26 heavy (non-hydrogen) atoms. The molecule has 0 heterocycles. The van der Waals surface area contributed by atoms with Gasteiger partial charge in [0.2, 0.25) is 5.91 Å². The quantitative estimate of drug-likeness (QED) is 0.662. The van der Waals surface area contributed by atoms with Crippen molar-refractivity contribution in [2.24, 2.45) is 0 Å². The monoisotopic (exact) mass is 357 g/mol. The summed E-state index contributed by atoms with van der Waals surface area (Å²) < 4.78 is 15.6. The van der Waals surface area contributed by atoms with Gasteiger partial charge < -0.3 is 19.5 Å². The van der Waals surface area contributed by atoms with E-state index in [1.54, 1.807) is 21.3 Å². The summed E-state index contributed by atoms with van der Waals surface area (Å²) in [5.74, 6) is 2.19. The third kappa shape index (κ3) is 5.99. The van der Waals surface area contributed by atoms with E-state index in [4.69, 9.17) is 14.2 Å². The molecule has 2 aromatic carbocycles. The lowest BCUT2D eigenvalue weighted by atomic mass is 10.1. The van der Waals surface area contributed by atoms with Crippen molar-refractivity contribution >= 4 is 5.91 Å². The Bertz CT molecular complexity index is 698. The Labute approximate surface area is 155 Å². The van der Waals surface area contributed by atoms with Crippen molar-refractivity contribution in [3.05, 3.63) is 53.6 Å². The lowest BCUT2D eigenvalue weighted by Gasteiger charge is -2.10. The van der Waals surface area contributed by atoms with Crippen LogP contribution in [-0.2, 0) is 17.6 Å². The second kappa shape index (κ2) is 10.3. The van der Waals surface area contributed by atoms with E-state index in [0.717, 1.165) is 30.6 Å². The van der Waals surface area contributed by atoms with Gasteiger partial charge in [-0.25, -0.2) is 0 Å². The minimum absolute atomic E-state index is 0.0154. The van der Waals surface area contributed by atoms with Crippen LogP contribution < -0.4 is 19.5 Å². The maximum atomic E-state index is 12.1. The van der Waals surface area contributed by atoms with E-state index in [1.807, 2.05) is 30.3 Å². The van der Waals surface area contributed by atoms with Gasteiger partial charge in [0.15, 0.2) is 11.5 Å². The summed E-state index contributed by atoms with van der Waals surface area (Å²) in [5, 5.41) is 2.97. The Hall–Kier alpha value is -2.69. The highest BCUT2D eigenvalue weighted by molar-refractivity contribution is 5.78. The first-order valence-corrected chi connectivity index (χ1v) is 8.76. The van der Waals surface area contributed by atoms with Gasteiger partial charge in [0.25, 0.3) is 0 Å². The zero-order valence-corrected chi connectivity index (χ0v) is 15.7. The van der Waals surface area contributed by atoms with Crippen molar-refractivity contribution in [2.75, 3.05) is 27.9 Å². The van der Waals surface area contributed by atoms with Gasteiger partial charge in [-0.3, -0.25) is 4.79 Å². The fourth-order valence-electron chi connectivity index (χ4n) is 2.71. The number of hydrogen-bond acceptors (Lipinski definition) is 4. The number of amides is 1. The van der Waals surface area contributed by atoms with Gasteiger partial charge in [-0.15, -0.1) is 0 Å². The maximum Gasteiger partial charge on any atom is 0.224 e. The Balaban J connectivity index is 1.68. The smallest absolute Gasteiger partial charge is 0.224 e. The molecule has 0 radical (unpaired) electrons. The van der Waals surface area contributed by atoms with Gasteiger partial charge in [-0.2, -0.15) is 0 Å². The molecule has 1 amide bonds. The van der Waals surface area contributed by atoms with E-state index in [2.05, 4.69) is 17.4 Å². The summed E-state index contributed by atoms with van der Waals surface area (Å²) in [5.41, 5.74) is 2.18. The molecule has 2 aromatic rings. The van der Waals surface area contributed by atoms with Crippen molar-refractivity contribution in [3.63, 3.8) is 0 Å². The normalized spacial score (nSPS) is 10.3. The molecule has 0 aliphatic heterocycles. The van der Waals surface area contributed by atoms with Crippen LogP contribution in [0.3, 0.4) is 0 Å². The first kappa shape index (κ1) is 19.6. The van der Waals surface area contributed by atoms with Gasteiger partial charge in [0.1, 0.15) is 5.75 Å². The third-order valence-corrected chi connectivity index (χ3v) is 4.19. The van der Waals surface area contributed by atoms with Crippen molar-refractivity contribution in [3.8, 4) is 17.2 Å². The standard InChI is InChI=1S/C21H27NO4/c1-24-18-10-7-16(8-11-18)6-4-5-13-22-21(23)15-17-9-12-19(25-2)20(14-17)26-3/h7-12,14H,4-6,13,15H2,1-3H3,(H,22,23). The van der Waals surface area contributed by atoms with Crippen LogP contribution in [0.1, 0.15) is 24.0 Å². The molecule has 0 spiro atoms. The number of carbonyl (C=O) groups excluding carboxylic acids is 1. The molecular weight excluding hydrogens is 330 g/mol. The van der Waals surface area contributed by atoms with Crippen LogP contribution in [0.4, 0.5) is 0 Å². The molecule has 5 nitrogen and oxygen atoms in total. The van der Waals surface area contributed by atoms with Crippen LogP contribution >= 0.6 is 0 Å². The van der Waals surface area contributed by atoms with E-state index in [0.29, 0.717) is 24.5 Å². The predicted octanol–water partition coefficient (Wildman–Crippen LogP) is 3.39. The maximum absolute atomic E-state index is 12.1. The minimum atomic E-state index is 0.0154. The molecule has 5 heteroatoms. The molecule has 0 aromatic heterocycles. The average Bonchev–Trinajstić information content (AvgIpc) is 2.68. The summed E-state index contributed by atoms with van der Waals surface area (Å²) in [7, 11) is 4.85. The molecule has 0 atom stereocenters. The molecule has 0 fully saturated rings. The molecule has 0 aliphatic rings. The molecule has 1 N–H and O–H groups in total. The van der Waals surface area contributed by atoms with Crippen molar-refractivity contribution < 1.29 is 19.0 Å². The van der Waals surface area contributed by atoms with E-state index < -0.39 is 0 Å². The second-order valence-electron chi connectivity index (χ2n) is 6.02. The number of nitrogens with one attached hydrogen (secondary N) is 1.